The summed E-state index contributed by atoms with van der Waals surface area (Å²) in [4.78, 5) is 0. The molecule has 14 heavy (non-hydrogen) atoms. The first-order valence-electron chi connectivity index (χ1n) is 5.14. The average Bonchev–Trinajstić information content (AvgIpc) is 2.25. The summed E-state index contributed by atoms with van der Waals surface area (Å²) in [6.45, 7) is 3.03. The van der Waals surface area contributed by atoms with E-state index in [1.54, 1.807) is 0 Å². The van der Waals surface area contributed by atoms with Gasteiger partial charge in [0.1, 0.15) is 5.75 Å². The Morgan fingerprint density at radius 1 is 1.14 bits per heavy atom. The van der Waals surface area contributed by atoms with Crippen LogP contribution < -0.4 is 4.74 Å². The minimum atomic E-state index is 0.835. The van der Waals surface area contributed by atoms with E-state index < -0.39 is 0 Å². The summed E-state index contributed by atoms with van der Waals surface area (Å²) < 4.78 is 5.59. The van der Waals surface area contributed by atoms with Crippen molar-refractivity contribution < 1.29 is 4.74 Å². The molecule has 0 aromatic heterocycles. The Morgan fingerprint density at radius 3 is 2.43 bits per heavy atom. The molecule has 1 aromatic carbocycles. The summed E-state index contributed by atoms with van der Waals surface area (Å²) in [6, 6.07) is 8.24. The van der Waals surface area contributed by atoms with Gasteiger partial charge in [-0.1, -0.05) is 47.8 Å². The Bertz CT molecular complexity index is 243. The van der Waals surface area contributed by atoms with Gasteiger partial charge in [-0.05, 0) is 24.1 Å². The van der Waals surface area contributed by atoms with Crippen molar-refractivity contribution in [2.24, 2.45) is 0 Å². The lowest BCUT2D eigenvalue weighted by molar-refractivity contribution is 0.306. The average molecular weight is 257 g/mol. The molecule has 1 aromatic rings. The summed E-state index contributed by atoms with van der Waals surface area (Å²) >= 11 is 3.41. The van der Waals surface area contributed by atoms with E-state index in [-0.39, 0.29) is 0 Å². The molecule has 0 aliphatic rings. The maximum absolute atomic E-state index is 5.59. The van der Waals surface area contributed by atoms with Crippen LogP contribution in [0, 0.1) is 0 Å². The highest BCUT2D eigenvalue weighted by atomic mass is 79.9. The first kappa shape index (κ1) is 11.6. The molecule has 0 radical (unpaired) electrons. The third kappa shape index (κ3) is 4.14. The van der Waals surface area contributed by atoms with Crippen LogP contribution in [0.5, 0.6) is 5.75 Å². The molecular weight excluding hydrogens is 240 g/mol. The minimum absolute atomic E-state index is 0.835. The van der Waals surface area contributed by atoms with Gasteiger partial charge in [-0.15, -0.1) is 0 Å². The summed E-state index contributed by atoms with van der Waals surface area (Å²) in [5.74, 6) is 0.978. The normalized spacial score (nSPS) is 10.1. The molecule has 0 saturated carbocycles. The van der Waals surface area contributed by atoms with Crippen LogP contribution in [0.25, 0.3) is 0 Å². The topological polar surface area (TPSA) is 9.23 Å². The summed E-state index contributed by atoms with van der Waals surface area (Å²) in [5.41, 5.74) is 1.28. The van der Waals surface area contributed by atoms with Gasteiger partial charge in [-0.25, -0.2) is 0 Å². The molecular formula is C12H17BrO. The SMILES string of the molecule is CCCCCOc1ccc(CBr)cc1. The minimum Gasteiger partial charge on any atom is -0.494 e. The van der Waals surface area contributed by atoms with Gasteiger partial charge in [-0.3, -0.25) is 0 Å². The van der Waals surface area contributed by atoms with E-state index in [0.29, 0.717) is 0 Å². The van der Waals surface area contributed by atoms with Crippen LogP contribution in [0.2, 0.25) is 0 Å². The predicted molar refractivity (Wildman–Crippen MR) is 64.1 cm³/mol. The van der Waals surface area contributed by atoms with E-state index in [0.717, 1.165) is 24.1 Å². The van der Waals surface area contributed by atoms with Crippen molar-refractivity contribution in [3.63, 3.8) is 0 Å². The standard InChI is InChI=1S/C12H17BrO/c1-2-3-4-9-14-12-7-5-11(10-13)6-8-12/h5-8H,2-4,9-10H2,1H3. The smallest absolute Gasteiger partial charge is 0.119 e. The first-order chi connectivity index (χ1) is 6.86. The molecule has 0 N–H and O–H groups in total. The van der Waals surface area contributed by atoms with Gasteiger partial charge < -0.3 is 4.74 Å². The molecule has 0 bridgehead atoms. The van der Waals surface area contributed by atoms with Gasteiger partial charge in [0, 0.05) is 5.33 Å². The molecule has 0 aliphatic heterocycles. The third-order valence-corrected chi connectivity index (χ3v) is 2.74. The second-order valence-electron chi connectivity index (χ2n) is 3.33. The lowest BCUT2D eigenvalue weighted by Crippen LogP contribution is -1.96. The fourth-order valence-corrected chi connectivity index (χ4v) is 1.59. The molecule has 0 unspecified atom stereocenters. The number of halogens is 1. The molecule has 0 aliphatic carbocycles. The molecule has 0 spiro atoms. The second kappa shape index (κ2) is 6.88. The number of hydrogen-bond acceptors (Lipinski definition) is 1. The van der Waals surface area contributed by atoms with E-state index in [9.17, 15) is 0 Å². The van der Waals surface area contributed by atoms with Gasteiger partial charge in [0.15, 0.2) is 0 Å². The monoisotopic (exact) mass is 256 g/mol. The van der Waals surface area contributed by atoms with Crippen LogP contribution in [-0.4, -0.2) is 6.61 Å². The van der Waals surface area contributed by atoms with Gasteiger partial charge in [-0.2, -0.15) is 0 Å². The molecule has 0 atom stereocenters. The number of alkyl halides is 1. The van der Waals surface area contributed by atoms with Crippen LogP contribution in [0.1, 0.15) is 31.7 Å². The molecule has 0 saturated heterocycles. The molecule has 78 valence electrons. The second-order valence-corrected chi connectivity index (χ2v) is 3.89. The maximum atomic E-state index is 5.59. The van der Waals surface area contributed by atoms with E-state index in [4.69, 9.17) is 4.74 Å². The van der Waals surface area contributed by atoms with Crippen molar-refractivity contribution in [1.29, 1.82) is 0 Å². The van der Waals surface area contributed by atoms with Crippen LogP contribution in [-0.2, 0) is 5.33 Å². The third-order valence-electron chi connectivity index (χ3n) is 2.09. The quantitative estimate of drug-likeness (QED) is 0.549. The fraction of sp³-hybridized carbons (Fsp3) is 0.500. The Balaban J connectivity index is 2.29. The predicted octanol–water partition coefficient (Wildman–Crippen LogP) is 4.15. The van der Waals surface area contributed by atoms with E-state index in [2.05, 4.69) is 35.0 Å². The Hall–Kier alpha value is -0.500. The van der Waals surface area contributed by atoms with Crippen molar-refractivity contribution in [2.45, 2.75) is 31.5 Å². The lowest BCUT2D eigenvalue weighted by atomic mass is 10.2. The van der Waals surface area contributed by atoms with Crippen LogP contribution in [0.3, 0.4) is 0 Å². The van der Waals surface area contributed by atoms with E-state index >= 15 is 0 Å². The molecule has 0 fully saturated rings. The Morgan fingerprint density at radius 2 is 1.86 bits per heavy atom. The molecule has 0 amide bonds. The Labute approximate surface area is 94.6 Å². The van der Waals surface area contributed by atoms with Crippen molar-refractivity contribution >= 4 is 15.9 Å². The van der Waals surface area contributed by atoms with Gasteiger partial charge >= 0.3 is 0 Å². The first-order valence-corrected chi connectivity index (χ1v) is 6.26. The van der Waals surface area contributed by atoms with Crippen molar-refractivity contribution in [3.8, 4) is 5.75 Å². The van der Waals surface area contributed by atoms with Gasteiger partial charge in [0.25, 0.3) is 0 Å². The van der Waals surface area contributed by atoms with E-state index in [1.807, 2.05) is 12.1 Å². The van der Waals surface area contributed by atoms with Crippen LogP contribution in [0.15, 0.2) is 24.3 Å². The number of hydrogen-bond donors (Lipinski definition) is 0. The zero-order valence-electron chi connectivity index (χ0n) is 8.63. The number of rotatable bonds is 6. The van der Waals surface area contributed by atoms with Gasteiger partial charge in [0.2, 0.25) is 0 Å². The number of benzene rings is 1. The fourth-order valence-electron chi connectivity index (χ4n) is 1.22. The van der Waals surface area contributed by atoms with Gasteiger partial charge in [0.05, 0.1) is 6.61 Å². The number of ether oxygens (including phenoxy) is 1. The molecule has 1 nitrogen and oxygen atoms in total. The van der Waals surface area contributed by atoms with Crippen LogP contribution >= 0.6 is 15.9 Å². The zero-order chi connectivity index (χ0) is 10.2. The molecule has 1 rings (SSSR count). The maximum Gasteiger partial charge on any atom is 0.119 e. The van der Waals surface area contributed by atoms with Crippen LogP contribution in [0.4, 0.5) is 0 Å². The summed E-state index contributed by atoms with van der Waals surface area (Å²) in [7, 11) is 0. The van der Waals surface area contributed by atoms with Crippen molar-refractivity contribution in [1.82, 2.24) is 0 Å². The largest absolute Gasteiger partial charge is 0.494 e. The van der Waals surface area contributed by atoms with Crippen molar-refractivity contribution in [2.75, 3.05) is 6.61 Å². The Kier molecular flexibility index (Phi) is 5.69. The van der Waals surface area contributed by atoms with E-state index in [1.165, 1.54) is 18.4 Å². The molecule has 2 heteroatoms. The highest BCUT2D eigenvalue weighted by molar-refractivity contribution is 9.08. The summed E-state index contributed by atoms with van der Waals surface area (Å²) in [6.07, 6.45) is 3.64. The summed E-state index contributed by atoms with van der Waals surface area (Å²) in [5, 5.41) is 0.906. The highest BCUT2D eigenvalue weighted by Gasteiger charge is 1.94. The zero-order valence-corrected chi connectivity index (χ0v) is 10.2. The number of unbranched alkanes of at least 4 members (excludes halogenated alkanes) is 2. The van der Waals surface area contributed by atoms with Crippen molar-refractivity contribution in [3.05, 3.63) is 29.8 Å². The molecule has 0 heterocycles. The highest BCUT2D eigenvalue weighted by Crippen LogP contribution is 2.14. The lowest BCUT2D eigenvalue weighted by Gasteiger charge is -2.05.